The molecule has 4 heterocycles. The minimum Gasteiger partial charge on any atom is -0.308 e. The van der Waals surface area contributed by atoms with Gasteiger partial charge in [0.25, 0.3) is 0 Å². The van der Waals surface area contributed by atoms with E-state index in [-0.39, 0.29) is 5.41 Å². The Morgan fingerprint density at radius 1 is 0.473 bits per heavy atom. The maximum absolute atomic E-state index is 5.55. The van der Waals surface area contributed by atoms with Gasteiger partial charge in [0.05, 0.1) is 38.6 Å². The summed E-state index contributed by atoms with van der Waals surface area (Å²) in [5.41, 5.74) is 15.0. The summed E-state index contributed by atoms with van der Waals surface area (Å²) in [5, 5.41) is 9.80. The second-order valence-electron chi connectivity index (χ2n) is 15.7. The molecule has 0 amide bonds. The molecular formula is C51H32N4. The van der Waals surface area contributed by atoms with Crippen LogP contribution in [-0.4, -0.2) is 18.9 Å². The fourth-order valence-electron chi connectivity index (χ4n) is 10.3. The van der Waals surface area contributed by atoms with Gasteiger partial charge in [-0.2, -0.15) is 0 Å². The van der Waals surface area contributed by atoms with Gasteiger partial charge in [-0.05, 0) is 57.3 Å². The van der Waals surface area contributed by atoms with E-state index in [2.05, 4.69) is 181 Å². The number of fused-ring (bicyclic) bond motifs is 12. The summed E-state index contributed by atoms with van der Waals surface area (Å²) in [6, 6.07) is 57.5. The molecule has 0 N–H and O–H groups in total. The van der Waals surface area contributed by atoms with Crippen molar-refractivity contribution in [2.24, 2.45) is 0 Å². The summed E-state index contributed by atoms with van der Waals surface area (Å²) >= 11 is 0. The molecular weight excluding hydrogens is 669 g/mol. The van der Waals surface area contributed by atoms with Crippen molar-refractivity contribution in [3.63, 3.8) is 0 Å². The summed E-state index contributed by atoms with van der Waals surface area (Å²) in [6.45, 7) is 4.80. The predicted octanol–water partition coefficient (Wildman–Crippen LogP) is 13.0. The highest BCUT2D eigenvalue weighted by molar-refractivity contribution is 6.31. The van der Waals surface area contributed by atoms with Gasteiger partial charge in [-0.25, -0.2) is 9.97 Å². The smallest absolute Gasteiger partial charge is 0.165 e. The molecule has 0 spiro atoms. The second kappa shape index (κ2) is 10.1. The maximum Gasteiger partial charge on any atom is 0.165 e. The Morgan fingerprint density at radius 3 is 2.04 bits per heavy atom. The van der Waals surface area contributed by atoms with Crippen LogP contribution >= 0.6 is 0 Å². The van der Waals surface area contributed by atoms with Crippen molar-refractivity contribution in [3.8, 4) is 28.2 Å². The highest BCUT2D eigenvalue weighted by Crippen LogP contribution is 2.54. The van der Waals surface area contributed by atoms with E-state index in [9.17, 15) is 0 Å². The van der Waals surface area contributed by atoms with Gasteiger partial charge in [0.2, 0.25) is 0 Å². The molecule has 0 aliphatic heterocycles. The first kappa shape index (κ1) is 29.4. The standard InChI is InChI=1S/C51H32N4/c1-51(2)38-21-9-8-17-32(38)34-26-27-37-36-20-10-19-35-33-18-11-22-40-43(33)44-41(23-12-24-42(44)55(48(35)36)49(37)45(34)51)54(40)50-46(30-14-4-3-5-15-30)53-47-31-16-7-6-13-29(31)25-28-39(47)52-50/h3-28H,1-2H3. The third-order valence-electron chi connectivity index (χ3n) is 12.6. The van der Waals surface area contributed by atoms with Crippen molar-refractivity contribution >= 4 is 81.7 Å². The lowest BCUT2D eigenvalue weighted by atomic mass is 9.81. The average Bonchev–Trinajstić information content (AvgIpc) is 3.80. The Morgan fingerprint density at radius 2 is 1.15 bits per heavy atom. The van der Waals surface area contributed by atoms with Crippen LogP contribution < -0.4 is 0 Å². The fourth-order valence-corrected chi connectivity index (χ4v) is 10.3. The molecule has 1 aliphatic rings. The molecule has 4 nitrogen and oxygen atoms in total. The first-order valence-corrected chi connectivity index (χ1v) is 19.1. The molecule has 12 aromatic rings. The van der Waals surface area contributed by atoms with Crippen molar-refractivity contribution in [1.82, 2.24) is 18.9 Å². The summed E-state index contributed by atoms with van der Waals surface area (Å²) in [4.78, 5) is 11.1. The van der Waals surface area contributed by atoms with Gasteiger partial charge in [0.15, 0.2) is 5.82 Å². The van der Waals surface area contributed by atoms with Gasteiger partial charge in [-0.3, -0.25) is 4.57 Å². The SMILES string of the molecule is CC1(C)c2ccccc2-c2ccc3c4cccc5c6cccc7c6c6c(cccc6n(c3c21)c54)n7-c1nc2ccc3ccccc3c2nc1-c1ccccc1. The summed E-state index contributed by atoms with van der Waals surface area (Å²) < 4.78 is 4.98. The zero-order valence-electron chi connectivity index (χ0n) is 30.3. The minimum atomic E-state index is -0.177. The van der Waals surface area contributed by atoms with Crippen LogP contribution in [0.15, 0.2) is 158 Å². The molecule has 55 heavy (non-hydrogen) atoms. The molecule has 4 aromatic heterocycles. The topological polar surface area (TPSA) is 35.1 Å². The fraction of sp³-hybridized carbons (Fsp3) is 0.0588. The van der Waals surface area contributed by atoms with Crippen LogP contribution in [0.2, 0.25) is 0 Å². The first-order valence-electron chi connectivity index (χ1n) is 19.1. The molecule has 0 bridgehead atoms. The minimum absolute atomic E-state index is 0.177. The Kier molecular flexibility index (Phi) is 5.42. The van der Waals surface area contributed by atoms with E-state index in [0.29, 0.717) is 0 Å². The van der Waals surface area contributed by atoms with Crippen LogP contribution in [0.3, 0.4) is 0 Å². The third kappa shape index (κ3) is 3.57. The number of hydrogen-bond acceptors (Lipinski definition) is 2. The van der Waals surface area contributed by atoms with Crippen molar-refractivity contribution in [2.75, 3.05) is 0 Å². The van der Waals surface area contributed by atoms with Crippen LogP contribution in [0.4, 0.5) is 0 Å². The second-order valence-corrected chi connectivity index (χ2v) is 15.7. The van der Waals surface area contributed by atoms with Crippen molar-refractivity contribution in [1.29, 1.82) is 0 Å². The number of hydrogen-bond donors (Lipinski definition) is 0. The number of nitrogens with zero attached hydrogens (tertiary/aromatic N) is 4. The van der Waals surface area contributed by atoms with Crippen LogP contribution in [0.1, 0.15) is 25.0 Å². The summed E-state index contributed by atoms with van der Waals surface area (Å²) in [7, 11) is 0. The average molecular weight is 701 g/mol. The van der Waals surface area contributed by atoms with E-state index in [1.807, 2.05) is 0 Å². The van der Waals surface area contributed by atoms with Gasteiger partial charge in [0.1, 0.15) is 5.69 Å². The van der Waals surface area contributed by atoms with Crippen LogP contribution in [0.25, 0.3) is 110 Å². The quantitative estimate of drug-likeness (QED) is 0.168. The first-order chi connectivity index (χ1) is 27.1. The Balaban J connectivity index is 1.25. The Bertz CT molecular complexity index is 3620. The summed E-state index contributed by atoms with van der Waals surface area (Å²) in [6.07, 6.45) is 0. The Hall–Kier alpha value is -7.04. The van der Waals surface area contributed by atoms with Gasteiger partial charge >= 0.3 is 0 Å². The lowest BCUT2D eigenvalue weighted by Gasteiger charge is -2.22. The van der Waals surface area contributed by atoms with E-state index in [0.717, 1.165) is 49.9 Å². The monoisotopic (exact) mass is 700 g/mol. The molecule has 256 valence electrons. The highest BCUT2D eigenvalue weighted by Gasteiger charge is 2.38. The zero-order valence-corrected chi connectivity index (χ0v) is 30.3. The van der Waals surface area contributed by atoms with Crippen LogP contribution in [0, 0.1) is 0 Å². The molecule has 13 rings (SSSR count). The van der Waals surface area contributed by atoms with E-state index in [4.69, 9.17) is 9.97 Å². The van der Waals surface area contributed by atoms with Crippen molar-refractivity contribution in [3.05, 3.63) is 169 Å². The third-order valence-corrected chi connectivity index (χ3v) is 12.6. The van der Waals surface area contributed by atoms with E-state index < -0.39 is 0 Å². The lowest BCUT2D eigenvalue weighted by Crippen LogP contribution is -2.16. The maximum atomic E-state index is 5.55. The number of rotatable bonds is 2. The normalized spacial score (nSPS) is 13.8. The van der Waals surface area contributed by atoms with E-state index in [1.165, 1.54) is 71.1 Å². The zero-order chi connectivity index (χ0) is 36.2. The van der Waals surface area contributed by atoms with Gasteiger partial charge < -0.3 is 4.40 Å². The molecule has 0 unspecified atom stereocenters. The van der Waals surface area contributed by atoms with Gasteiger partial charge in [0, 0.05) is 43.3 Å². The van der Waals surface area contributed by atoms with Crippen LogP contribution in [0.5, 0.6) is 0 Å². The molecule has 0 atom stereocenters. The molecule has 0 saturated heterocycles. The van der Waals surface area contributed by atoms with Crippen LogP contribution in [-0.2, 0) is 5.41 Å². The molecule has 1 aliphatic carbocycles. The summed E-state index contributed by atoms with van der Waals surface area (Å²) in [5.74, 6) is 0.831. The number of para-hydroxylation sites is 1. The van der Waals surface area contributed by atoms with Crippen molar-refractivity contribution < 1.29 is 0 Å². The van der Waals surface area contributed by atoms with Crippen molar-refractivity contribution in [2.45, 2.75) is 19.3 Å². The predicted molar refractivity (Wildman–Crippen MR) is 229 cm³/mol. The highest BCUT2D eigenvalue weighted by atomic mass is 15.1. The van der Waals surface area contributed by atoms with Gasteiger partial charge in [-0.1, -0.05) is 147 Å². The Labute approximate surface area is 315 Å². The largest absolute Gasteiger partial charge is 0.308 e. The van der Waals surface area contributed by atoms with Gasteiger partial charge in [-0.15, -0.1) is 0 Å². The van der Waals surface area contributed by atoms with E-state index in [1.54, 1.807) is 0 Å². The number of benzene rings is 8. The molecule has 0 fully saturated rings. The molecule has 0 radical (unpaired) electrons. The number of aromatic nitrogens is 4. The molecule has 8 aromatic carbocycles. The van der Waals surface area contributed by atoms with E-state index >= 15 is 0 Å². The lowest BCUT2D eigenvalue weighted by molar-refractivity contribution is 0.664. The molecule has 0 saturated carbocycles. The molecule has 4 heteroatoms.